The smallest absolute Gasteiger partial charge is 0.302 e. The molecule has 1 unspecified atom stereocenters. The second kappa shape index (κ2) is 6.59. The van der Waals surface area contributed by atoms with E-state index in [0.717, 1.165) is 24.7 Å². The Balaban J connectivity index is 2.52. The van der Waals surface area contributed by atoms with E-state index >= 15 is 0 Å². The van der Waals surface area contributed by atoms with Crippen LogP contribution < -0.4 is 11.2 Å². The predicted molar refractivity (Wildman–Crippen MR) is 74.0 cm³/mol. The largest absolute Gasteiger partial charge is 0.464 e. The highest BCUT2D eigenvalue weighted by atomic mass is 16.5. The molecule has 96 valence electrons. The Bertz CT molecular complexity index is 391. The molecule has 0 saturated carbocycles. The summed E-state index contributed by atoms with van der Waals surface area (Å²) in [4.78, 5) is 10.8. The second-order valence-electron chi connectivity index (χ2n) is 4.74. The van der Waals surface area contributed by atoms with Gasteiger partial charge in [0.1, 0.15) is 14.5 Å². The predicted octanol–water partition coefficient (Wildman–Crippen LogP) is 1.08. The Kier molecular flexibility index (Phi) is 5.41. The van der Waals surface area contributed by atoms with E-state index in [0.29, 0.717) is 0 Å². The number of esters is 1. The van der Waals surface area contributed by atoms with E-state index < -0.39 is 5.54 Å². The summed E-state index contributed by atoms with van der Waals surface area (Å²) in [5, 5.41) is 0. The summed E-state index contributed by atoms with van der Waals surface area (Å²) in [7, 11) is 5.63. The molecule has 1 rings (SSSR count). The van der Waals surface area contributed by atoms with Crippen molar-refractivity contribution < 1.29 is 9.53 Å². The molecule has 1 aromatic carbocycles. The molecular formula is C14H20BNO2. The van der Waals surface area contributed by atoms with Crippen molar-refractivity contribution in [2.75, 3.05) is 6.61 Å². The van der Waals surface area contributed by atoms with Crippen LogP contribution >= 0.6 is 0 Å². The van der Waals surface area contributed by atoms with Gasteiger partial charge in [-0.05, 0) is 24.8 Å². The number of benzene rings is 1. The number of rotatable bonds is 6. The van der Waals surface area contributed by atoms with Gasteiger partial charge in [-0.2, -0.15) is 0 Å². The molecular weight excluding hydrogens is 225 g/mol. The number of carbonyl (C=O) groups excluding carboxylic acids is 1. The average molecular weight is 245 g/mol. The minimum absolute atomic E-state index is 0.272. The number of hydrogen-bond acceptors (Lipinski definition) is 3. The molecule has 4 heteroatoms. The van der Waals surface area contributed by atoms with Crippen LogP contribution in [0.3, 0.4) is 0 Å². The maximum absolute atomic E-state index is 10.8. The minimum Gasteiger partial charge on any atom is -0.464 e. The van der Waals surface area contributed by atoms with Gasteiger partial charge in [0.15, 0.2) is 0 Å². The molecule has 0 aliphatic heterocycles. The van der Waals surface area contributed by atoms with Crippen molar-refractivity contribution in [3.63, 3.8) is 0 Å². The van der Waals surface area contributed by atoms with Crippen molar-refractivity contribution in [3.8, 4) is 0 Å². The lowest BCUT2D eigenvalue weighted by atomic mass is 9.89. The highest BCUT2D eigenvalue weighted by molar-refractivity contribution is 6.32. The third-order valence-electron chi connectivity index (χ3n) is 3.16. The molecule has 2 N–H and O–H groups in total. The number of nitrogens with two attached hydrogens (primary N) is 1. The summed E-state index contributed by atoms with van der Waals surface area (Å²) >= 11 is 0. The summed E-state index contributed by atoms with van der Waals surface area (Å²) in [5.74, 6) is -0.286. The molecule has 18 heavy (non-hydrogen) atoms. The first kappa shape index (κ1) is 14.8. The third kappa shape index (κ3) is 4.92. The summed E-state index contributed by atoms with van der Waals surface area (Å²) in [6.45, 7) is 3.68. The Morgan fingerprint density at radius 1 is 1.39 bits per heavy atom. The molecule has 0 fully saturated rings. The molecule has 0 aromatic heterocycles. The number of aryl methyl sites for hydroxylation is 1. The molecule has 3 nitrogen and oxygen atoms in total. The van der Waals surface area contributed by atoms with Crippen molar-refractivity contribution in [1.82, 2.24) is 0 Å². The molecule has 0 bridgehead atoms. The lowest BCUT2D eigenvalue weighted by Gasteiger charge is -2.27. The van der Waals surface area contributed by atoms with Crippen LogP contribution in [0.1, 0.15) is 32.3 Å². The Labute approximate surface area is 110 Å². The van der Waals surface area contributed by atoms with E-state index in [1.807, 2.05) is 31.2 Å². The zero-order chi connectivity index (χ0) is 13.6. The maximum atomic E-state index is 10.8. The van der Waals surface area contributed by atoms with Crippen LogP contribution in [-0.2, 0) is 16.0 Å². The van der Waals surface area contributed by atoms with Crippen molar-refractivity contribution in [2.45, 2.75) is 38.6 Å². The maximum Gasteiger partial charge on any atom is 0.302 e. The molecule has 0 spiro atoms. The summed E-state index contributed by atoms with van der Waals surface area (Å²) in [5.41, 5.74) is 7.72. The molecule has 0 aliphatic carbocycles. The van der Waals surface area contributed by atoms with E-state index in [1.165, 1.54) is 12.5 Å². The van der Waals surface area contributed by atoms with Gasteiger partial charge in [0.25, 0.3) is 0 Å². The summed E-state index contributed by atoms with van der Waals surface area (Å²) in [6, 6.07) is 7.76. The Morgan fingerprint density at radius 3 is 2.50 bits per heavy atom. The average Bonchev–Trinajstić information content (AvgIpc) is 2.36. The van der Waals surface area contributed by atoms with Crippen molar-refractivity contribution >= 4 is 19.3 Å². The molecule has 0 saturated heterocycles. The lowest BCUT2D eigenvalue weighted by molar-refractivity contribution is -0.142. The van der Waals surface area contributed by atoms with Gasteiger partial charge < -0.3 is 10.5 Å². The van der Waals surface area contributed by atoms with Crippen molar-refractivity contribution in [1.29, 1.82) is 0 Å². The number of hydrogen-bond donors (Lipinski definition) is 1. The van der Waals surface area contributed by atoms with Crippen LogP contribution in [0.5, 0.6) is 0 Å². The highest BCUT2D eigenvalue weighted by Gasteiger charge is 2.24. The fraction of sp³-hybridized carbons (Fsp3) is 0.500. The van der Waals surface area contributed by atoms with E-state index in [2.05, 4.69) is 0 Å². The van der Waals surface area contributed by atoms with Crippen LogP contribution in [-0.4, -0.2) is 26.0 Å². The van der Waals surface area contributed by atoms with Crippen LogP contribution in [0.2, 0.25) is 0 Å². The van der Waals surface area contributed by atoms with Crippen LogP contribution in [0, 0.1) is 0 Å². The first-order valence-electron chi connectivity index (χ1n) is 6.22. The van der Waals surface area contributed by atoms with Gasteiger partial charge in [-0.25, -0.2) is 0 Å². The third-order valence-corrected chi connectivity index (χ3v) is 3.16. The monoisotopic (exact) mass is 245 g/mol. The van der Waals surface area contributed by atoms with Gasteiger partial charge in [0.05, 0.1) is 5.54 Å². The van der Waals surface area contributed by atoms with Crippen LogP contribution in [0.25, 0.3) is 0 Å². The topological polar surface area (TPSA) is 52.3 Å². The van der Waals surface area contributed by atoms with Gasteiger partial charge in [0.2, 0.25) is 0 Å². The first-order chi connectivity index (χ1) is 8.45. The van der Waals surface area contributed by atoms with Crippen LogP contribution in [0.4, 0.5) is 0 Å². The number of ether oxygens (including phenoxy) is 1. The second-order valence-corrected chi connectivity index (χ2v) is 4.74. The van der Waals surface area contributed by atoms with Crippen LogP contribution in [0.15, 0.2) is 24.3 Å². The van der Waals surface area contributed by atoms with Gasteiger partial charge in [-0.15, -0.1) is 0 Å². The van der Waals surface area contributed by atoms with Gasteiger partial charge >= 0.3 is 5.97 Å². The summed E-state index contributed by atoms with van der Waals surface area (Å²) in [6.07, 6.45) is 2.40. The summed E-state index contributed by atoms with van der Waals surface area (Å²) < 4.78 is 5.02. The highest BCUT2D eigenvalue weighted by Crippen LogP contribution is 2.16. The van der Waals surface area contributed by atoms with Gasteiger partial charge in [0, 0.05) is 6.92 Å². The lowest BCUT2D eigenvalue weighted by Crippen LogP contribution is -2.44. The Hall–Kier alpha value is -1.29. The quantitative estimate of drug-likeness (QED) is 0.602. The standard InChI is InChI=1S/C14H20BNO2/c1-3-14(16,10-18-11(2)17)9-8-12-4-6-13(15)7-5-12/h4-7H,3,8-10,16H2,1-2H3. The van der Waals surface area contributed by atoms with Crippen molar-refractivity contribution in [2.24, 2.45) is 5.73 Å². The zero-order valence-corrected chi connectivity index (χ0v) is 11.1. The van der Waals surface area contributed by atoms with Gasteiger partial charge in [-0.1, -0.05) is 36.7 Å². The van der Waals surface area contributed by atoms with E-state index in [1.54, 1.807) is 0 Å². The first-order valence-corrected chi connectivity index (χ1v) is 6.22. The van der Waals surface area contributed by atoms with E-state index in [-0.39, 0.29) is 12.6 Å². The fourth-order valence-corrected chi connectivity index (χ4v) is 1.67. The Morgan fingerprint density at radius 2 is 2.00 bits per heavy atom. The molecule has 0 amide bonds. The van der Waals surface area contributed by atoms with E-state index in [9.17, 15) is 4.79 Å². The van der Waals surface area contributed by atoms with Crippen molar-refractivity contribution in [3.05, 3.63) is 29.8 Å². The zero-order valence-electron chi connectivity index (χ0n) is 11.1. The minimum atomic E-state index is -0.451. The van der Waals surface area contributed by atoms with E-state index in [4.69, 9.17) is 18.3 Å². The molecule has 1 aromatic rings. The SMILES string of the molecule is [B]c1ccc(CCC(N)(CC)COC(C)=O)cc1. The molecule has 0 heterocycles. The molecule has 0 aliphatic rings. The molecule has 2 radical (unpaired) electrons. The normalized spacial score (nSPS) is 13.9. The molecule has 1 atom stereocenters. The fourth-order valence-electron chi connectivity index (χ4n) is 1.67. The number of carbonyl (C=O) groups is 1. The van der Waals surface area contributed by atoms with Gasteiger partial charge in [-0.3, -0.25) is 4.79 Å².